The molecule has 0 amide bonds. The molecule has 122 valence electrons. The normalized spacial score (nSPS) is 33.6. The van der Waals surface area contributed by atoms with Crippen molar-refractivity contribution in [2.24, 2.45) is 5.73 Å². The van der Waals surface area contributed by atoms with E-state index in [4.69, 9.17) is 10.5 Å². The zero-order valence-corrected chi connectivity index (χ0v) is 13.8. The number of ether oxygens (including phenoxy) is 1. The Bertz CT molecular complexity index is 355. The van der Waals surface area contributed by atoms with Crippen LogP contribution in [0.25, 0.3) is 0 Å². The number of carbonyl (C=O) groups excluding carboxylic acids is 1. The molecule has 0 radical (unpaired) electrons. The number of nitrogens with two attached hydrogens (primary N) is 1. The van der Waals surface area contributed by atoms with Crippen LogP contribution in [0.15, 0.2) is 0 Å². The quantitative estimate of drug-likeness (QED) is 0.791. The molecule has 1 heterocycles. The van der Waals surface area contributed by atoms with Crippen LogP contribution in [0.1, 0.15) is 46.0 Å². The summed E-state index contributed by atoms with van der Waals surface area (Å²) in [5.41, 5.74) is 5.52. The standard InChI is InChI=1S/C16H31N3O2/c1-4-13(2)18-8-10-19(11-9-18)14-6-5-7-16(17,12-14)15(20)21-3/h13-14H,4-12,17H2,1-3H3. The predicted molar refractivity (Wildman–Crippen MR) is 84.1 cm³/mol. The van der Waals surface area contributed by atoms with E-state index in [0.29, 0.717) is 12.1 Å². The second-order valence-corrected chi connectivity index (χ2v) is 6.73. The van der Waals surface area contributed by atoms with Gasteiger partial charge in [0.2, 0.25) is 0 Å². The molecule has 0 spiro atoms. The Labute approximate surface area is 128 Å². The molecule has 2 N–H and O–H groups in total. The van der Waals surface area contributed by atoms with Crippen molar-refractivity contribution < 1.29 is 9.53 Å². The molecular formula is C16H31N3O2. The number of rotatable bonds is 4. The number of piperazine rings is 1. The number of carbonyl (C=O) groups is 1. The number of esters is 1. The summed E-state index contributed by atoms with van der Waals surface area (Å²) in [6, 6.07) is 1.10. The lowest BCUT2D eigenvalue weighted by Crippen LogP contribution is -2.59. The maximum atomic E-state index is 11.9. The summed E-state index contributed by atoms with van der Waals surface area (Å²) in [4.78, 5) is 17.0. The second kappa shape index (κ2) is 7.07. The zero-order chi connectivity index (χ0) is 15.5. The van der Waals surface area contributed by atoms with Gasteiger partial charge >= 0.3 is 5.97 Å². The highest BCUT2D eigenvalue weighted by Gasteiger charge is 2.42. The van der Waals surface area contributed by atoms with E-state index in [0.717, 1.165) is 51.9 Å². The number of nitrogens with zero attached hydrogens (tertiary/aromatic N) is 2. The molecule has 0 aromatic rings. The van der Waals surface area contributed by atoms with Gasteiger partial charge in [-0.3, -0.25) is 14.6 Å². The van der Waals surface area contributed by atoms with Gasteiger partial charge in [-0.05, 0) is 39.0 Å². The lowest BCUT2D eigenvalue weighted by atomic mass is 9.79. The van der Waals surface area contributed by atoms with E-state index in [1.165, 1.54) is 13.5 Å². The van der Waals surface area contributed by atoms with Gasteiger partial charge in [0.1, 0.15) is 5.54 Å². The van der Waals surface area contributed by atoms with Crippen LogP contribution in [0.5, 0.6) is 0 Å². The highest BCUT2D eigenvalue weighted by Crippen LogP contribution is 2.31. The van der Waals surface area contributed by atoms with Crippen molar-refractivity contribution in [3.05, 3.63) is 0 Å². The largest absolute Gasteiger partial charge is 0.468 e. The monoisotopic (exact) mass is 297 g/mol. The summed E-state index contributed by atoms with van der Waals surface area (Å²) < 4.78 is 4.90. The smallest absolute Gasteiger partial charge is 0.325 e. The molecule has 5 heteroatoms. The summed E-state index contributed by atoms with van der Waals surface area (Å²) in [5, 5.41) is 0. The van der Waals surface area contributed by atoms with Gasteiger partial charge in [-0.25, -0.2) is 0 Å². The Balaban J connectivity index is 1.90. The van der Waals surface area contributed by atoms with Crippen LogP contribution in [-0.4, -0.2) is 66.7 Å². The fourth-order valence-electron chi connectivity index (χ4n) is 3.78. The first-order chi connectivity index (χ1) is 10.00. The van der Waals surface area contributed by atoms with Crippen LogP contribution in [0.4, 0.5) is 0 Å². The number of hydrogen-bond donors (Lipinski definition) is 1. The van der Waals surface area contributed by atoms with Crippen molar-refractivity contribution >= 4 is 5.97 Å². The Hall–Kier alpha value is -0.650. The summed E-state index contributed by atoms with van der Waals surface area (Å²) in [7, 11) is 1.44. The molecule has 21 heavy (non-hydrogen) atoms. The average Bonchev–Trinajstić information content (AvgIpc) is 2.53. The van der Waals surface area contributed by atoms with Crippen LogP contribution >= 0.6 is 0 Å². The molecule has 2 rings (SSSR count). The molecule has 2 aliphatic rings. The molecule has 0 aromatic carbocycles. The first-order valence-electron chi connectivity index (χ1n) is 8.35. The first kappa shape index (κ1) is 16.7. The average molecular weight is 297 g/mol. The van der Waals surface area contributed by atoms with Crippen LogP contribution in [-0.2, 0) is 9.53 Å². The van der Waals surface area contributed by atoms with E-state index in [-0.39, 0.29) is 5.97 Å². The highest BCUT2D eigenvalue weighted by molar-refractivity contribution is 5.80. The van der Waals surface area contributed by atoms with Crippen LogP contribution in [0.2, 0.25) is 0 Å². The topological polar surface area (TPSA) is 58.8 Å². The second-order valence-electron chi connectivity index (χ2n) is 6.73. The molecule has 1 aliphatic carbocycles. The SMILES string of the molecule is CCC(C)N1CCN(C2CCCC(N)(C(=O)OC)C2)CC1. The van der Waals surface area contributed by atoms with E-state index in [1.807, 2.05) is 0 Å². The summed E-state index contributed by atoms with van der Waals surface area (Å²) >= 11 is 0. The molecule has 1 saturated heterocycles. The fraction of sp³-hybridized carbons (Fsp3) is 0.938. The lowest BCUT2D eigenvalue weighted by molar-refractivity contribution is -0.149. The van der Waals surface area contributed by atoms with E-state index >= 15 is 0 Å². The molecule has 2 fully saturated rings. The molecule has 3 atom stereocenters. The molecule has 0 aromatic heterocycles. The van der Waals surface area contributed by atoms with Gasteiger partial charge in [0.05, 0.1) is 7.11 Å². The predicted octanol–water partition coefficient (Wildman–Crippen LogP) is 1.22. The van der Waals surface area contributed by atoms with Gasteiger partial charge in [-0.2, -0.15) is 0 Å². The lowest BCUT2D eigenvalue weighted by Gasteiger charge is -2.45. The minimum Gasteiger partial charge on any atom is -0.468 e. The molecular weight excluding hydrogens is 266 g/mol. The Morgan fingerprint density at radius 1 is 1.38 bits per heavy atom. The summed E-state index contributed by atoms with van der Waals surface area (Å²) in [5.74, 6) is -0.245. The Kier molecular flexibility index (Phi) is 5.63. The molecule has 1 aliphatic heterocycles. The third-order valence-corrected chi connectivity index (χ3v) is 5.43. The van der Waals surface area contributed by atoms with Gasteiger partial charge in [0.25, 0.3) is 0 Å². The maximum Gasteiger partial charge on any atom is 0.325 e. The molecule has 0 bridgehead atoms. The number of methoxy groups -OCH3 is 1. The van der Waals surface area contributed by atoms with Crippen LogP contribution < -0.4 is 5.73 Å². The minimum atomic E-state index is -0.772. The van der Waals surface area contributed by atoms with Crippen LogP contribution in [0, 0.1) is 0 Å². The molecule has 5 nitrogen and oxygen atoms in total. The van der Waals surface area contributed by atoms with Crippen LogP contribution in [0.3, 0.4) is 0 Å². The maximum absolute atomic E-state index is 11.9. The van der Waals surface area contributed by atoms with Gasteiger partial charge in [0.15, 0.2) is 0 Å². The Morgan fingerprint density at radius 3 is 2.62 bits per heavy atom. The Morgan fingerprint density at radius 2 is 2.05 bits per heavy atom. The van der Waals surface area contributed by atoms with Crippen molar-refractivity contribution in [2.45, 2.75) is 63.6 Å². The number of hydrogen-bond acceptors (Lipinski definition) is 5. The van der Waals surface area contributed by atoms with Crippen molar-refractivity contribution in [2.75, 3.05) is 33.3 Å². The zero-order valence-electron chi connectivity index (χ0n) is 13.8. The van der Waals surface area contributed by atoms with Gasteiger partial charge in [-0.15, -0.1) is 0 Å². The third kappa shape index (κ3) is 3.76. The van der Waals surface area contributed by atoms with Crippen molar-refractivity contribution in [3.63, 3.8) is 0 Å². The van der Waals surface area contributed by atoms with Crippen molar-refractivity contribution in [1.29, 1.82) is 0 Å². The fourth-order valence-corrected chi connectivity index (χ4v) is 3.78. The van der Waals surface area contributed by atoms with E-state index < -0.39 is 5.54 Å². The summed E-state index contributed by atoms with van der Waals surface area (Å²) in [6.45, 7) is 8.98. The third-order valence-electron chi connectivity index (χ3n) is 5.43. The highest BCUT2D eigenvalue weighted by atomic mass is 16.5. The van der Waals surface area contributed by atoms with Crippen molar-refractivity contribution in [3.8, 4) is 0 Å². The summed E-state index contributed by atoms with van der Waals surface area (Å²) in [6.07, 6.45) is 4.87. The molecule has 1 saturated carbocycles. The van der Waals surface area contributed by atoms with Crippen molar-refractivity contribution in [1.82, 2.24) is 9.80 Å². The minimum absolute atomic E-state index is 0.245. The molecule has 3 unspecified atom stereocenters. The van der Waals surface area contributed by atoms with E-state index in [2.05, 4.69) is 23.6 Å². The van der Waals surface area contributed by atoms with E-state index in [1.54, 1.807) is 0 Å². The van der Waals surface area contributed by atoms with Gasteiger partial charge < -0.3 is 10.5 Å². The van der Waals surface area contributed by atoms with Gasteiger partial charge in [-0.1, -0.05) is 6.92 Å². The van der Waals surface area contributed by atoms with Gasteiger partial charge in [0, 0.05) is 38.3 Å². The van der Waals surface area contributed by atoms with E-state index in [9.17, 15) is 4.79 Å². The first-order valence-corrected chi connectivity index (χ1v) is 8.35.